The van der Waals surface area contributed by atoms with Crippen LogP contribution >= 0.6 is 11.8 Å². The molecule has 1 saturated heterocycles. The SMILES string of the molecule is CC(C)[Si](OC[C@H]1OC(C)(C)OC/C1=C\CSC#N)(C(C)C)C(C)C. The maximum atomic E-state index is 8.74. The molecule has 0 aromatic heterocycles. The highest BCUT2D eigenvalue weighted by Crippen LogP contribution is 2.42. The molecule has 1 aliphatic rings. The van der Waals surface area contributed by atoms with E-state index in [0.717, 1.165) is 5.57 Å². The van der Waals surface area contributed by atoms with Crippen LogP contribution in [0.3, 0.4) is 0 Å². The smallest absolute Gasteiger partial charge is 0.200 e. The van der Waals surface area contributed by atoms with Gasteiger partial charge in [0.05, 0.1) is 13.2 Å². The van der Waals surface area contributed by atoms with Gasteiger partial charge in [-0.3, -0.25) is 0 Å². The molecular weight excluding hydrogens is 350 g/mol. The summed E-state index contributed by atoms with van der Waals surface area (Å²) in [5, 5.41) is 10.8. The van der Waals surface area contributed by atoms with E-state index in [4.69, 9.17) is 19.2 Å². The van der Waals surface area contributed by atoms with E-state index in [-0.39, 0.29) is 6.10 Å². The van der Waals surface area contributed by atoms with E-state index in [1.807, 2.05) is 13.8 Å². The monoisotopic (exact) mass is 385 g/mol. The summed E-state index contributed by atoms with van der Waals surface area (Å²) in [6.07, 6.45) is 1.95. The molecule has 0 aromatic carbocycles. The molecule has 0 amide bonds. The third-order valence-corrected chi connectivity index (χ3v) is 11.7. The van der Waals surface area contributed by atoms with Gasteiger partial charge in [0.1, 0.15) is 11.5 Å². The number of thioether (sulfide) groups is 1. The van der Waals surface area contributed by atoms with E-state index >= 15 is 0 Å². The lowest BCUT2D eigenvalue weighted by Crippen LogP contribution is -2.51. The summed E-state index contributed by atoms with van der Waals surface area (Å²) >= 11 is 1.23. The lowest BCUT2D eigenvalue weighted by molar-refractivity contribution is -0.256. The molecule has 0 saturated carbocycles. The van der Waals surface area contributed by atoms with Crippen LogP contribution in [0.2, 0.25) is 16.6 Å². The fraction of sp³-hybridized carbons (Fsp3) is 0.842. The molecule has 4 nitrogen and oxygen atoms in total. The van der Waals surface area contributed by atoms with Gasteiger partial charge in [-0.1, -0.05) is 47.6 Å². The minimum Gasteiger partial charge on any atom is -0.413 e. The maximum Gasteiger partial charge on any atom is 0.200 e. The summed E-state index contributed by atoms with van der Waals surface area (Å²) in [6.45, 7) is 18.7. The lowest BCUT2D eigenvalue weighted by atomic mass is 10.1. The van der Waals surface area contributed by atoms with Crippen molar-refractivity contribution in [3.05, 3.63) is 11.6 Å². The Morgan fingerprint density at radius 2 is 1.80 bits per heavy atom. The zero-order valence-electron chi connectivity index (χ0n) is 17.1. The van der Waals surface area contributed by atoms with Crippen LogP contribution in [0, 0.1) is 10.7 Å². The average molecular weight is 386 g/mol. The molecule has 0 spiro atoms. The Bertz CT molecular complexity index is 476. The quantitative estimate of drug-likeness (QED) is 0.240. The van der Waals surface area contributed by atoms with Crippen molar-refractivity contribution in [2.24, 2.45) is 0 Å². The Balaban J connectivity index is 2.96. The van der Waals surface area contributed by atoms with Gasteiger partial charge in [0.15, 0.2) is 14.1 Å². The Morgan fingerprint density at radius 1 is 1.24 bits per heavy atom. The summed E-state index contributed by atoms with van der Waals surface area (Å²) in [4.78, 5) is 0. The number of nitrogens with zero attached hydrogens (tertiary/aromatic N) is 1. The van der Waals surface area contributed by atoms with Gasteiger partial charge in [-0.2, -0.15) is 5.26 Å². The van der Waals surface area contributed by atoms with Gasteiger partial charge < -0.3 is 13.9 Å². The van der Waals surface area contributed by atoms with Gasteiger partial charge in [-0.15, -0.1) is 0 Å². The first-order valence-electron chi connectivity index (χ1n) is 9.22. The maximum absolute atomic E-state index is 8.74. The Kier molecular flexibility index (Phi) is 8.69. The molecule has 6 heteroatoms. The van der Waals surface area contributed by atoms with Crippen LogP contribution in [-0.2, 0) is 13.9 Å². The van der Waals surface area contributed by atoms with E-state index in [9.17, 15) is 0 Å². The molecule has 0 aromatic rings. The predicted molar refractivity (Wildman–Crippen MR) is 108 cm³/mol. The zero-order valence-corrected chi connectivity index (χ0v) is 18.9. The van der Waals surface area contributed by atoms with E-state index in [1.165, 1.54) is 11.8 Å². The second kappa shape index (κ2) is 9.57. The van der Waals surface area contributed by atoms with Crippen LogP contribution in [0.25, 0.3) is 0 Å². The van der Waals surface area contributed by atoms with Crippen LogP contribution in [0.4, 0.5) is 0 Å². The highest BCUT2D eigenvalue weighted by atomic mass is 32.2. The summed E-state index contributed by atoms with van der Waals surface area (Å²) in [7, 11) is -1.93. The van der Waals surface area contributed by atoms with Crippen molar-refractivity contribution in [3.63, 3.8) is 0 Å². The summed E-state index contributed by atoms with van der Waals surface area (Å²) < 4.78 is 18.7. The molecule has 1 atom stereocenters. The normalized spacial score (nSPS) is 22.8. The van der Waals surface area contributed by atoms with Gasteiger partial charge >= 0.3 is 0 Å². The topological polar surface area (TPSA) is 51.5 Å². The Hall–Kier alpha value is -0.323. The van der Waals surface area contributed by atoms with Gasteiger partial charge in [0.2, 0.25) is 0 Å². The fourth-order valence-electron chi connectivity index (χ4n) is 4.04. The van der Waals surface area contributed by atoms with Gasteiger partial charge in [0, 0.05) is 5.75 Å². The number of rotatable bonds is 8. The van der Waals surface area contributed by atoms with Crippen LogP contribution < -0.4 is 0 Å². The third-order valence-electron chi connectivity index (χ3n) is 5.11. The lowest BCUT2D eigenvalue weighted by Gasteiger charge is -2.44. The molecule has 1 heterocycles. The molecule has 1 fully saturated rings. The van der Waals surface area contributed by atoms with Crippen LogP contribution in [-0.4, -0.2) is 39.2 Å². The highest BCUT2D eigenvalue weighted by molar-refractivity contribution is 8.03. The summed E-state index contributed by atoms with van der Waals surface area (Å²) in [5.41, 5.74) is 2.71. The van der Waals surface area contributed by atoms with E-state index < -0.39 is 14.1 Å². The van der Waals surface area contributed by atoms with Crippen LogP contribution in [0.1, 0.15) is 55.4 Å². The second-order valence-electron chi connectivity index (χ2n) is 8.10. The largest absolute Gasteiger partial charge is 0.413 e. The van der Waals surface area contributed by atoms with Gasteiger partial charge in [-0.05, 0) is 47.8 Å². The number of nitriles is 1. The number of ether oxygens (including phenoxy) is 2. The first kappa shape index (κ1) is 22.7. The minimum atomic E-state index is -1.93. The van der Waals surface area contributed by atoms with Crippen molar-refractivity contribution in [3.8, 4) is 5.40 Å². The second-order valence-corrected chi connectivity index (χ2v) is 14.4. The fourth-order valence-corrected chi connectivity index (χ4v) is 9.85. The van der Waals surface area contributed by atoms with E-state index in [0.29, 0.717) is 35.6 Å². The predicted octanol–water partition coefficient (Wildman–Crippen LogP) is 5.47. The molecule has 25 heavy (non-hydrogen) atoms. The molecule has 144 valence electrons. The summed E-state index contributed by atoms with van der Waals surface area (Å²) in [5.74, 6) is 0.0437. The third kappa shape index (κ3) is 5.83. The number of hydrogen-bond donors (Lipinski definition) is 0. The standard InChI is InChI=1S/C19H35NO3SSi/c1-14(2)25(15(3)4,16(5)6)22-12-18-17(9-10-24-13-20)11-21-19(7,8)23-18/h9,14-16,18H,10-12H2,1-8H3/b17-9+/t18-/m1/s1. The summed E-state index contributed by atoms with van der Waals surface area (Å²) in [6, 6.07) is 0. The van der Waals surface area contributed by atoms with Crippen molar-refractivity contribution in [1.82, 2.24) is 0 Å². The Labute approximate surface area is 159 Å². The molecule has 1 rings (SSSR count). The van der Waals surface area contributed by atoms with Crippen molar-refractivity contribution in [2.45, 2.75) is 83.9 Å². The van der Waals surface area contributed by atoms with E-state index in [2.05, 4.69) is 53.0 Å². The average Bonchev–Trinajstić information content (AvgIpc) is 2.48. The molecule has 0 bridgehead atoms. The molecule has 0 unspecified atom stereocenters. The van der Waals surface area contributed by atoms with Crippen molar-refractivity contribution < 1.29 is 13.9 Å². The number of hydrogen-bond acceptors (Lipinski definition) is 5. The Morgan fingerprint density at radius 3 is 2.28 bits per heavy atom. The highest BCUT2D eigenvalue weighted by Gasteiger charge is 2.46. The molecule has 0 aliphatic carbocycles. The van der Waals surface area contributed by atoms with Crippen molar-refractivity contribution in [2.75, 3.05) is 19.0 Å². The van der Waals surface area contributed by atoms with Crippen LogP contribution in [0.15, 0.2) is 11.6 Å². The number of thiocyanates is 1. The molecule has 0 N–H and O–H groups in total. The molecule has 1 aliphatic heterocycles. The molecule has 0 radical (unpaired) electrons. The first-order valence-corrected chi connectivity index (χ1v) is 12.3. The van der Waals surface area contributed by atoms with Crippen molar-refractivity contribution >= 4 is 20.1 Å². The zero-order chi connectivity index (χ0) is 19.3. The van der Waals surface area contributed by atoms with Crippen molar-refractivity contribution in [1.29, 1.82) is 5.26 Å². The van der Waals surface area contributed by atoms with E-state index in [1.54, 1.807) is 0 Å². The molecular formula is C19H35NO3SSi. The van der Waals surface area contributed by atoms with Gasteiger partial charge in [-0.25, -0.2) is 0 Å². The first-order chi connectivity index (χ1) is 11.6. The van der Waals surface area contributed by atoms with Crippen LogP contribution in [0.5, 0.6) is 0 Å². The van der Waals surface area contributed by atoms with Gasteiger partial charge in [0.25, 0.3) is 0 Å². The minimum absolute atomic E-state index is 0.105.